The Balaban J connectivity index is 1.46. The summed E-state index contributed by atoms with van der Waals surface area (Å²) in [5, 5.41) is 27.0. The van der Waals surface area contributed by atoms with E-state index in [-0.39, 0.29) is 10.6 Å². The number of thioether (sulfide) groups is 1. The largest absolute Gasteiger partial charge is 0.269 e. The highest BCUT2D eigenvalue weighted by Gasteiger charge is 2.55. The predicted molar refractivity (Wildman–Crippen MR) is 175 cm³/mol. The van der Waals surface area contributed by atoms with Crippen LogP contribution in [-0.4, -0.2) is 15.7 Å². The minimum absolute atomic E-state index is 0.0474. The Hall–Kier alpha value is -4.95. The lowest BCUT2D eigenvalue weighted by Crippen LogP contribution is -2.54. The van der Waals surface area contributed by atoms with Gasteiger partial charge in [0.25, 0.3) is 5.69 Å². The molecule has 0 amide bonds. The molecule has 7 rings (SSSR count). The molecule has 4 aromatic carbocycles. The van der Waals surface area contributed by atoms with Crippen molar-refractivity contribution in [1.82, 2.24) is 0 Å². The standard InChI is InChI=1S/C35H29N5O2S/c1-2-25-17-19-26(20-18-25)33-31-15-9-10-16-32(31)35(38(36-33)28-11-5-3-6-12-28)39(29-13-7-4-8-14-29)37-34(43-35)27-21-23-30(24-22-27)40(41)42/h3-17,19,21-24H,2,18,20H2,1H3/t35-/m1/s1. The van der Waals surface area contributed by atoms with Gasteiger partial charge in [0.2, 0.25) is 4.99 Å². The lowest BCUT2D eigenvalue weighted by Gasteiger charge is -2.47. The average Bonchev–Trinajstić information content (AvgIpc) is 3.47. The Bertz CT molecular complexity index is 1820. The third-order valence-electron chi connectivity index (χ3n) is 8.06. The Morgan fingerprint density at radius 3 is 2.02 bits per heavy atom. The summed E-state index contributed by atoms with van der Waals surface area (Å²) in [6, 6.07) is 35.4. The molecule has 0 bridgehead atoms. The van der Waals surface area contributed by atoms with E-state index < -0.39 is 4.99 Å². The summed E-state index contributed by atoms with van der Waals surface area (Å²) < 4.78 is 0. The molecule has 0 radical (unpaired) electrons. The summed E-state index contributed by atoms with van der Waals surface area (Å²) >= 11 is 1.60. The molecule has 4 aromatic rings. The number of rotatable bonds is 6. The van der Waals surface area contributed by atoms with Crippen LogP contribution < -0.4 is 10.0 Å². The molecular weight excluding hydrogens is 554 g/mol. The lowest BCUT2D eigenvalue weighted by molar-refractivity contribution is -0.384. The highest BCUT2D eigenvalue weighted by molar-refractivity contribution is 8.15. The molecule has 8 heteroatoms. The summed E-state index contributed by atoms with van der Waals surface area (Å²) in [5.74, 6) is 0. The number of anilines is 2. The molecule has 3 aliphatic rings. The van der Waals surface area contributed by atoms with E-state index >= 15 is 0 Å². The van der Waals surface area contributed by atoms with Crippen LogP contribution in [0.25, 0.3) is 0 Å². The fourth-order valence-corrected chi connectivity index (χ4v) is 7.22. The van der Waals surface area contributed by atoms with Gasteiger partial charge < -0.3 is 0 Å². The number of nitrogens with zero attached hydrogens (tertiary/aromatic N) is 5. The van der Waals surface area contributed by atoms with E-state index in [1.165, 1.54) is 23.3 Å². The van der Waals surface area contributed by atoms with Crippen LogP contribution in [0.4, 0.5) is 17.1 Å². The summed E-state index contributed by atoms with van der Waals surface area (Å²) in [7, 11) is 0. The molecule has 1 aliphatic carbocycles. The van der Waals surface area contributed by atoms with Gasteiger partial charge in [0, 0.05) is 28.8 Å². The second-order valence-corrected chi connectivity index (χ2v) is 11.7. The van der Waals surface area contributed by atoms with Crippen LogP contribution >= 0.6 is 11.8 Å². The molecule has 1 spiro atoms. The maximum atomic E-state index is 11.4. The molecule has 0 unspecified atom stereocenters. The van der Waals surface area contributed by atoms with Gasteiger partial charge in [-0.3, -0.25) is 10.1 Å². The second kappa shape index (κ2) is 11.0. The molecule has 212 valence electrons. The lowest BCUT2D eigenvalue weighted by atomic mass is 9.87. The van der Waals surface area contributed by atoms with Crippen molar-refractivity contribution in [3.8, 4) is 0 Å². The van der Waals surface area contributed by atoms with Crippen molar-refractivity contribution in [2.24, 2.45) is 10.2 Å². The summed E-state index contributed by atoms with van der Waals surface area (Å²) in [4.78, 5) is 10.1. The van der Waals surface area contributed by atoms with Crippen molar-refractivity contribution in [2.45, 2.75) is 31.2 Å². The zero-order valence-electron chi connectivity index (χ0n) is 23.6. The number of non-ortho nitro benzene ring substituents is 1. The van der Waals surface area contributed by atoms with Crippen LogP contribution in [0.15, 0.2) is 143 Å². The number of hydrogen-bond donors (Lipinski definition) is 0. The minimum Gasteiger partial charge on any atom is -0.258 e. The normalized spacial score (nSPS) is 19.4. The molecule has 0 saturated carbocycles. The van der Waals surface area contributed by atoms with Crippen LogP contribution in [0, 0.1) is 10.1 Å². The molecule has 1 atom stereocenters. The van der Waals surface area contributed by atoms with Gasteiger partial charge in [0.05, 0.1) is 22.0 Å². The SMILES string of the molecule is CCC1=CC=C(C2=NN(c3ccccc3)[C@]3(SC(c4ccc([N+](=O)[O-])cc4)=NN3c3ccccc3)c3ccccc32)CC1. The molecule has 0 aromatic heterocycles. The van der Waals surface area contributed by atoms with Crippen molar-refractivity contribution in [3.63, 3.8) is 0 Å². The quantitative estimate of drug-likeness (QED) is 0.168. The number of hydrazone groups is 2. The number of benzene rings is 4. The van der Waals surface area contributed by atoms with E-state index in [0.29, 0.717) is 0 Å². The van der Waals surface area contributed by atoms with Gasteiger partial charge >= 0.3 is 0 Å². The van der Waals surface area contributed by atoms with Crippen molar-refractivity contribution >= 4 is 39.6 Å². The molecule has 2 heterocycles. The number of fused-ring (bicyclic) bond motifs is 2. The first-order valence-corrected chi connectivity index (χ1v) is 15.2. The summed E-state index contributed by atoms with van der Waals surface area (Å²) in [6.45, 7) is 2.21. The van der Waals surface area contributed by atoms with Crippen LogP contribution in [0.3, 0.4) is 0 Å². The fourth-order valence-electron chi connectivity index (χ4n) is 5.82. The van der Waals surface area contributed by atoms with Gasteiger partial charge in [0.15, 0.2) is 0 Å². The minimum atomic E-state index is -0.903. The third kappa shape index (κ3) is 4.64. The van der Waals surface area contributed by atoms with E-state index in [0.717, 1.165) is 58.1 Å². The van der Waals surface area contributed by atoms with Crippen LogP contribution in [0.1, 0.15) is 42.9 Å². The van der Waals surface area contributed by atoms with E-state index in [2.05, 4.69) is 72.6 Å². The molecule has 7 nitrogen and oxygen atoms in total. The van der Waals surface area contributed by atoms with E-state index in [9.17, 15) is 10.1 Å². The van der Waals surface area contributed by atoms with Crippen molar-refractivity contribution < 1.29 is 4.92 Å². The van der Waals surface area contributed by atoms with Gasteiger partial charge in [-0.15, -0.1) is 0 Å². The smallest absolute Gasteiger partial charge is 0.258 e. The van der Waals surface area contributed by atoms with Crippen molar-refractivity contribution in [1.29, 1.82) is 0 Å². The van der Waals surface area contributed by atoms with Gasteiger partial charge in [0.1, 0.15) is 5.04 Å². The highest BCUT2D eigenvalue weighted by Crippen LogP contribution is 2.55. The summed E-state index contributed by atoms with van der Waals surface area (Å²) in [6.07, 6.45) is 7.49. The van der Waals surface area contributed by atoms with E-state index in [4.69, 9.17) is 10.2 Å². The van der Waals surface area contributed by atoms with Gasteiger partial charge in [-0.05, 0) is 73.0 Å². The van der Waals surface area contributed by atoms with E-state index in [1.54, 1.807) is 23.9 Å². The number of hydrogen-bond acceptors (Lipinski definition) is 7. The first-order valence-electron chi connectivity index (χ1n) is 14.4. The van der Waals surface area contributed by atoms with Crippen molar-refractivity contribution in [2.75, 3.05) is 10.0 Å². The monoisotopic (exact) mass is 583 g/mol. The highest BCUT2D eigenvalue weighted by atomic mass is 32.2. The first kappa shape index (κ1) is 26.9. The van der Waals surface area contributed by atoms with Gasteiger partial charge in [-0.25, -0.2) is 10.0 Å². The Kier molecular flexibility index (Phi) is 6.91. The maximum absolute atomic E-state index is 11.4. The predicted octanol–water partition coefficient (Wildman–Crippen LogP) is 8.60. The Labute approximate surface area is 254 Å². The topological polar surface area (TPSA) is 74.3 Å². The van der Waals surface area contributed by atoms with Crippen LogP contribution in [-0.2, 0) is 4.99 Å². The van der Waals surface area contributed by atoms with Crippen LogP contribution in [0.2, 0.25) is 0 Å². The zero-order valence-corrected chi connectivity index (χ0v) is 24.4. The summed E-state index contributed by atoms with van der Waals surface area (Å²) in [5.41, 5.74) is 8.48. The molecule has 43 heavy (non-hydrogen) atoms. The Morgan fingerprint density at radius 2 is 1.42 bits per heavy atom. The number of nitro groups is 1. The first-order chi connectivity index (χ1) is 21.1. The van der Waals surface area contributed by atoms with Crippen LogP contribution in [0.5, 0.6) is 0 Å². The van der Waals surface area contributed by atoms with E-state index in [1.807, 2.05) is 41.4 Å². The molecular formula is C35H29N5O2S. The second-order valence-electron chi connectivity index (χ2n) is 10.6. The average molecular weight is 584 g/mol. The number of nitro benzene ring substituents is 1. The zero-order chi connectivity index (χ0) is 29.4. The molecule has 0 N–H and O–H groups in total. The molecule has 0 fully saturated rings. The third-order valence-corrected chi connectivity index (χ3v) is 9.42. The molecule has 2 aliphatic heterocycles. The van der Waals surface area contributed by atoms with Gasteiger partial charge in [-0.1, -0.05) is 85.3 Å². The van der Waals surface area contributed by atoms with Gasteiger partial charge in [-0.2, -0.15) is 10.2 Å². The van der Waals surface area contributed by atoms with Crippen molar-refractivity contribution in [3.05, 3.63) is 159 Å². The number of para-hydroxylation sites is 2. The Morgan fingerprint density at radius 1 is 0.791 bits per heavy atom. The number of allylic oxidation sites excluding steroid dienone is 4. The maximum Gasteiger partial charge on any atom is 0.269 e. The molecule has 0 saturated heterocycles. The fraction of sp³-hybridized carbons (Fsp3) is 0.143.